The van der Waals surface area contributed by atoms with Crippen LogP contribution in [0.1, 0.15) is 30.7 Å². The number of benzene rings is 2. The molecule has 2 heterocycles. The number of aromatic nitrogens is 1. The molecule has 0 aliphatic carbocycles. The zero-order valence-corrected chi connectivity index (χ0v) is 17.8. The summed E-state index contributed by atoms with van der Waals surface area (Å²) in [5.74, 6) is 1.55. The number of urea groups is 1. The first kappa shape index (κ1) is 20.1. The smallest absolute Gasteiger partial charge is 0.314 e. The van der Waals surface area contributed by atoms with Gasteiger partial charge >= 0.3 is 6.03 Å². The molecule has 3 aromatic rings. The number of hydrogen-bond donors (Lipinski definition) is 3. The number of ether oxygens (including phenoxy) is 2. The first-order chi connectivity index (χ1) is 14.4. The lowest BCUT2D eigenvalue weighted by Gasteiger charge is -2.28. The highest BCUT2D eigenvalue weighted by atomic mass is 16.6. The maximum Gasteiger partial charge on any atom is 0.314 e. The number of carbonyl (C=O) groups is 1. The fraction of sp³-hybridized carbons (Fsp3) is 0.375. The van der Waals surface area contributed by atoms with E-state index >= 15 is 0 Å². The minimum atomic E-state index is -0.236. The molecule has 2 aromatic carbocycles. The van der Waals surface area contributed by atoms with Gasteiger partial charge in [-0.15, -0.1) is 0 Å². The molecule has 0 spiro atoms. The molecule has 3 N–H and O–H groups in total. The van der Waals surface area contributed by atoms with Gasteiger partial charge < -0.3 is 25.1 Å². The standard InChI is InChI=1S/C24H29N3O3/c1-16-18(19-6-4-5-7-20(19)27-16)10-11-25-23(28)26-15-24(2,3)17-8-9-21-22(14-17)30-13-12-29-21/h4-9,14,27H,10-13,15H2,1-3H3,(H2,25,26,28). The fourth-order valence-electron chi connectivity index (χ4n) is 3.89. The van der Waals surface area contributed by atoms with E-state index < -0.39 is 0 Å². The van der Waals surface area contributed by atoms with Crippen molar-refractivity contribution >= 4 is 16.9 Å². The Morgan fingerprint density at radius 2 is 1.83 bits per heavy atom. The van der Waals surface area contributed by atoms with Crippen molar-refractivity contribution in [2.75, 3.05) is 26.3 Å². The summed E-state index contributed by atoms with van der Waals surface area (Å²) in [6, 6.07) is 14.1. The summed E-state index contributed by atoms with van der Waals surface area (Å²) in [6.07, 6.45) is 0.787. The van der Waals surface area contributed by atoms with Crippen LogP contribution in [0.4, 0.5) is 4.79 Å². The molecule has 2 amide bonds. The van der Waals surface area contributed by atoms with Crippen molar-refractivity contribution in [1.29, 1.82) is 0 Å². The number of rotatable bonds is 6. The molecular formula is C24H29N3O3. The van der Waals surface area contributed by atoms with E-state index in [0.717, 1.165) is 34.7 Å². The minimum absolute atomic E-state index is 0.155. The number of amides is 2. The van der Waals surface area contributed by atoms with Gasteiger partial charge in [-0.05, 0) is 42.7 Å². The van der Waals surface area contributed by atoms with E-state index in [1.807, 2.05) is 30.3 Å². The number of H-pyrrole nitrogens is 1. The third-order valence-electron chi connectivity index (χ3n) is 5.70. The Morgan fingerprint density at radius 1 is 1.07 bits per heavy atom. The summed E-state index contributed by atoms with van der Waals surface area (Å²) in [6.45, 7) is 8.53. The number of aryl methyl sites for hydroxylation is 1. The van der Waals surface area contributed by atoms with E-state index in [-0.39, 0.29) is 11.4 Å². The third-order valence-corrected chi connectivity index (χ3v) is 5.70. The summed E-state index contributed by atoms with van der Waals surface area (Å²) in [5, 5.41) is 7.20. The summed E-state index contributed by atoms with van der Waals surface area (Å²) >= 11 is 0. The SMILES string of the molecule is Cc1[nH]c2ccccc2c1CCNC(=O)NCC(C)(C)c1ccc2c(c1)OCCO2. The number of para-hydroxylation sites is 1. The van der Waals surface area contributed by atoms with Gasteiger partial charge in [0.25, 0.3) is 0 Å². The second-order valence-electron chi connectivity index (χ2n) is 8.38. The number of fused-ring (bicyclic) bond motifs is 2. The van der Waals surface area contributed by atoms with Crippen LogP contribution in [0.25, 0.3) is 10.9 Å². The monoisotopic (exact) mass is 407 g/mol. The van der Waals surface area contributed by atoms with Crippen molar-refractivity contribution in [3.8, 4) is 11.5 Å². The van der Waals surface area contributed by atoms with Crippen LogP contribution in [0.5, 0.6) is 11.5 Å². The summed E-state index contributed by atoms with van der Waals surface area (Å²) < 4.78 is 11.3. The van der Waals surface area contributed by atoms with Crippen LogP contribution in [0, 0.1) is 6.92 Å². The van der Waals surface area contributed by atoms with Gasteiger partial charge in [-0.3, -0.25) is 0 Å². The lowest BCUT2D eigenvalue weighted by atomic mass is 9.84. The van der Waals surface area contributed by atoms with Crippen LogP contribution >= 0.6 is 0 Å². The van der Waals surface area contributed by atoms with Gasteiger partial charge in [0.05, 0.1) is 0 Å². The van der Waals surface area contributed by atoms with Crippen LogP contribution in [0.15, 0.2) is 42.5 Å². The molecule has 6 heteroatoms. The average molecular weight is 408 g/mol. The number of carbonyl (C=O) groups excluding carboxylic acids is 1. The van der Waals surface area contributed by atoms with Gasteiger partial charge in [-0.1, -0.05) is 38.1 Å². The number of nitrogens with one attached hydrogen (secondary N) is 3. The first-order valence-corrected chi connectivity index (χ1v) is 10.4. The predicted octanol–water partition coefficient (Wildman–Crippen LogP) is 4.07. The molecule has 0 saturated carbocycles. The highest BCUT2D eigenvalue weighted by molar-refractivity contribution is 5.84. The Kier molecular flexibility index (Phi) is 5.57. The topological polar surface area (TPSA) is 75.4 Å². The average Bonchev–Trinajstić information content (AvgIpc) is 3.07. The lowest BCUT2D eigenvalue weighted by Crippen LogP contribution is -2.42. The van der Waals surface area contributed by atoms with E-state index in [2.05, 4.69) is 48.5 Å². The van der Waals surface area contributed by atoms with Crippen LogP contribution in [0.3, 0.4) is 0 Å². The van der Waals surface area contributed by atoms with E-state index in [9.17, 15) is 4.79 Å². The molecule has 158 valence electrons. The molecule has 1 aliphatic heterocycles. The zero-order chi connectivity index (χ0) is 21.1. The molecule has 1 aromatic heterocycles. The molecule has 0 fully saturated rings. The van der Waals surface area contributed by atoms with Crippen LogP contribution < -0.4 is 20.1 Å². The Morgan fingerprint density at radius 3 is 2.67 bits per heavy atom. The van der Waals surface area contributed by atoms with E-state index in [1.54, 1.807) is 0 Å². The molecule has 1 aliphatic rings. The predicted molar refractivity (Wildman–Crippen MR) is 119 cm³/mol. The number of hydrogen-bond acceptors (Lipinski definition) is 3. The Hall–Kier alpha value is -3.15. The van der Waals surface area contributed by atoms with Gasteiger partial charge in [0, 0.05) is 35.1 Å². The van der Waals surface area contributed by atoms with Gasteiger partial charge in [0.15, 0.2) is 11.5 Å². The van der Waals surface area contributed by atoms with E-state index in [4.69, 9.17) is 9.47 Å². The molecule has 0 radical (unpaired) electrons. The molecule has 0 unspecified atom stereocenters. The van der Waals surface area contributed by atoms with Crippen LogP contribution in [-0.2, 0) is 11.8 Å². The second kappa shape index (κ2) is 8.30. The Bertz CT molecular complexity index is 1060. The van der Waals surface area contributed by atoms with Gasteiger partial charge in [-0.2, -0.15) is 0 Å². The maximum atomic E-state index is 12.4. The summed E-state index contributed by atoms with van der Waals surface area (Å²) in [7, 11) is 0. The van der Waals surface area contributed by atoms with E-state index in [0.29, 0.717) is 26.3 Å². The van der Waals surface area contributed by atoms with Gasteiger partial charge in [0.2, 0.25) is 0 Å². The van der Waals surface area contributed by atoms with E-state index in [1.165, 1.54) is 10.9 Å². The molecule has 0 atom stereocenters. The van der Waals surface area contributed by atoms with Gasteiger partial charge in [-0.25, -0.2) is 4.79 Å². The highest BCUT2D eigenvalue weighted by Crippen LogP contribution is 2.34. The lowest BCUT2D eigenvalue weighted by molar-refractivity contribution is 0.171. The first-order valence-electron chi connectivity index (χ1n) is 10.4. The van der Waals surface area contributed by atoms with Crippen molar-refractivity contribution in [2.24, 2.45) is 0 Å². The Labute approximate surface area is 177 Å². The van der Waals surface area contributed by atoms with Crippen molar-refractivity contribution in [2.45, 2.75) is 32.6 Å². The quantitative estimate of drug-likeness (QED) is 0.577. The maximum absolute atomic E-state index is 12.4. The normalized spacial score (nSPS) is 13.3. The molecule has 0 saturated heterocycles. The molecule has 0 bridgehead atoms. The second-order valence-corrected chi connectivity index (χ2v) is 8.38. The van der Waals surface area contributed by atoms with Crippen molar-refractivity contribution in [3.05, 3.63) is 59.3 Å². The molecule has 4 rings (SSSR count). The highest BCUT2D eigenvalue weighted by Gasteiger charge is 2.24. The van der Waals surface area contributed by atoms with Crippen molar-refractivity contribution < 1.29 is 14.3 Å². The van der Waals surface area contributed by atoms with Crippen molar-refractivity contribution in [1.82, 2.24) is 15.6 Å². The molecule has 6 nitrogen and oxygen atoms in total. The number of aromatic amines is 1. The van der Waals surface area contributed by atoms with Crippen molar-refractivity contribution in [3.63, 3.8) is 0 Å². The third kappa shape index (κ3) is 4.22. The Balaban J connectivity index is 1.30. The largest absolute Gasteiger partial charge is 0.486 e. The zero-order valence-electron chi connectivity index (χ0n) is 17.8. The fourth-order valence-corrected chi connectivity index (χ4v) is 3.89. The summed E-state index contributed by atoms with van der Waals surface area (Å²) in [4.78, 5) is 15.8. The summed E-state index contributed by atoms with van der Waals surface area (Å²) in [5.41, 5.74) is 4.40. The van der Waals surface area contributed by atoms with Crippen LogP contribution in [-0.4, -0.2) is 37.3 Å². The molecular weight excluding hydrogens is 378 g/mol. The minimum Gasteiger partial charge on any atom is -0.486 e. The van der Waals surface area contributed by atoms with Crippen LogP contribution in [0.2, 0.25) is 0 Å². The molecule has 30 heavy (non-hydrogen) atoms. The van der Waals surface area contributed by atoms with Gasteiger partial charge in [0.1, 0.15) is 13.2 Å².